The molecule has 0 aromatic heterocycles. The van der Waals surface area contributed by atoms with Gasteiger partial charge in [0, 0.05) is 18.2 Å². The summed E-state index contributed by atoms with van der Waals surface area (Å²) in [5.74, 6) is -2.06. The van der Waals surface area contributed by atoms with Crippen molar-refractivity contribution in [3.8, 4) is 0 Å². The highest BCUT2D eigenvalue weighted by Gasteiger charge is 2.22. The van der Waals surface area contributed by atoms with Crippen molar-refractivity contribution in [1.82, 2.24) is 4.90 Å². The topological polar surface area (TPSA) is 86.7 Å². The average molecular weight is 389 g/mol. The molecule has 2 aromatic rings. The molecule has 0 aliphatic heterocycles. The molecule has 2 aromatic carbocycles. The van der Waals surface area contributed by atoms with Gasteiger partial charge in [-0.15, -0.1) is 0 Å². The molecule has 0 saturated carbocycles. The van der Waals surface area contributed by atoms with Gasteiger partial charge in [-0.1, -0.05) is 55.8 Å². The SMILES string of the molecule is CC(C)C(=O)Nc1ccc(Cl)c(C(=O)N(CC(=O)O)Cc2ccccc2)c1. The summed E-state index contributed by atoms with van der Waals surface area (Å²) in [7, 11) is 0. The van der Waals surface area contributed by atoms with Gasteiger partial charge in [0.1, 0.15) is 6.54 Å². The fraction of sp³-hybridized carbons (Fsp3) is 0.250. The fourth-order valence-electron chi connectivity index (χ4n) is 2.39. The van der Waals surface area contributed by atoms with Crippen molar-refractivity contribution in [1.29, 1.82) is 0 Å². The van der Waals surface area contributed by atoms with Gasteiger partial charge < -0.3 is 15.3 Å². The predicted molar refractivity (Wildman–Crippen MR) is 104 cm³/mol. The standard InChI is InChI=1S/C20H21ClN2O4/c1-13(2)19(26)22-15-8-9-17(21)16(10-15)20(27)23(12-18(24)25)11-14-6-4-3-5-7-14/h3-10,13H,11-12H2,1-2H3,(H,22,26)(H,24,25). The first-order valence-electron chi connectivity index (χ1n) is 8.43. The van der Waals surface area contributed by atoms with Gasteiger partial charge in [0.15, 0.2) is 0 Å². The number of hydrogen-bond acceptors (Lipinski definition) is 3. The second kappa shape index (κ2) is 9.19. The Hall–Kier alpha value is -2.86. The molecule has 0 saturated heterocycles. The Morgan fingerprint density at radius 2 is 1.78 bits per heavy atom. The second-order valence-corrected chi connectivity index (χ2v) is 6.79. The van der Waals surface area contributed by atoms with Crippen LogP contribution in [0.1, 0.15) is 29.8 Å². The number of aliphatic carboxylic acids is 1. The van der Waals surface area contributed by atoms with Gasteiger partial charge in [0.25, 0.3) is 5.91 Å². The Morgan fingerprint density at radius 1 is 1.11 bits per heavy atom. The fourth-order valence-corrected chi connectivity index (χ4v) is 2.59. The molecule has 27 heavy (non-hydrogen) atoms. The van der Waals surface area contributed by atoms with Gasteiger partial charge in [-0.3, -0.25) is 14.4 Å². The van der Waals surface area contributed by atoms with Crippen LogP contribution in [0.5, 0.6) is 0 Å². The van der Waals surface area contributed by atoms with Gasteiger partial charge >= 0.3 is 5.97 Å². The van der Waals surface area contributed by atoms with Crippen LogP contribution < -0.4 is 5.32 Å². The van der Waals surface area contributed by atoms with Crippen LogP contribution >= 0.6 is 11.6 Å². The first kappa shape index (κ1) is 20.5. The molecule has 0 heterocycles. The highest BCUT2D eigenvalue weighted by atomic mass is 35.5. The molecule has 142 valence electrons. The molecule has 0 aliphatic carbocycles. The van der Waals surface area contributed by atoms with E-state index in [1.807, 2.05) is 30.3 Å². The molecule has 0 spiro atoms. The number of benzene rings is 2. The Kier molecular flexibility index (Phi) is 6.96. The van der Waals surface area contributed by atoms with Gasteiger partial charge in [0.05, 0.1) is 10.6 Å². The summed E-state index contributed by atoms with van der Waals surface area (Å²) in [5, 5.41) is 12.1. The summed E-state index contributed by atoms with van der Waals surface area (Å²) in [6.07, 6.45) is 0. The van der Waals surface area contributed by atoms with Crippen LogP contribution in [0.4, 0.5) is 5.69 Å². The minimum Gasteiger partial charge on any atom is -0.480 e. The largest absolute Gasteiger partial charge is 0.480 e. The number of carboxylic acids is 1. The quantitative estimate of drug-likeness (QED) is 0.757. The lowest BCUT2D eigenvalue weighted by Crippen LogP contribution is -2.35. The van der Waals surface area contributed by atoms with Crippen LogP contribution in [0.25, 0.3) is 0 Å². The van der Waals surface area contributed by atoms with Crippen LogP contribution in [0.15, 0.2) is 48.5 Å². The highest BCUT2D eigenvalue weighted by Crippen LogP contribution is 2.23. The van der Waals surface area contributed by atoms with Crippen molar-refractivity contribution in [2.45, 2.75) is 20.4 Å². The number of nitrogens with zero attached hydrogens (tertiary/aromatic N) is 1. The van der Waals surface area contributed by atoms with Crippen LogP contribution in [-0.2, 0) is 16.1 Å². The lowest BCUT2D eigenvalue weighted by Gasteiger charge is -2.22. The van der Waals surface area contributed by atoms with Gasteiger partial charge in [-0.25, -0.2) is 0 Å². The molecule has 7 heteroatoms. The summed E-state index contributed by atoms with van der Waals surface area (Å²) in [6, 6.07) is 13.6. The molecule has 0 aliphatic rings. The van der Waals surface area contributed by atoms with Gasteiger partial charge in [-0.05, 0) is 23.8 Å². The van der Waals surface area contributed by atoms with E-state index in [2.05, 4.69) is 5.32 Å². The normalized spacial score (nSPS) is 10.5. The van der Waals surface area contributed by atoms with Crippen molar-refractivity contribution in [3.05, 3.63) is 64.7 Å². The third-order valence-electron chi connectivity index (χ3n) is 3.82. The zero-order chi connectivity index (χ0) is 20.0. The van der Waals surface area contributed by atoms with Crippen molar-refractivity contribution in [3.63, 3.8) is 0 Å². The number of amides is 2. The maximum Gasteiger partial charge on any atom is 0.323 e. The van der Waals surface area contributed by atoms with Crippen molar-refractivity contribution in [2.75, 3.05) is 11.9 Å². The summed E-state index contributed by atoms with van der Waals surface area (Å²) in [5.41, 5.74) is 1.36. The van der Waals surface area contributed by atoms with Crippen LogP contribution in [0, 0.1) is 5.92 Å². The summed E-state index contributed by atoms with van der Waals surface area (Å²) >= 11 is 6.17. The Balaban J connectivity index is 2.30. The Morgan fingerprint density at radius 3 is 2.37 bits per heavy atom. The number of anilines is 1. The molecule has 0 bridgehead atoms. The van der Waals surface area contributed by atoms with E-state index in [1.165, 1.54) is 17.0 Å². The third-order valence-corrected chi connectivity index (χ3v) is 4.15. The number of halogens is 1. The zero-order valence-corrected chi connectivity index (χ0v) is 15.9. The number of nitrogens with one attached hydrogen (secondary N) is 1. The highest BCUT2D eigenvalue weighted by molar-refractivity contribution is 6.34. The second-order valence-electron chi connectivity index (χ2n) is 6.38. The van der Waals surface area contributed by atoms with E-state index in [4.69, 9.17) is 11.6 Å². The van der Waals surface area contributed by atoms with Gasteiger partial charge in [0.2, 0.25) is 5.91 Å². The Labute approximate surface area is 162 Å². The molecule has 0 radical (unpaired) electrons. The number of carboxylic acid groups (broad SMARTS) is 1. The van der Waals surface area contributed by atoms with Crippen molar-refractivity contribution < 1.29 is 19.5 Å². The van der Waals surface area contributed by atoms with Crippen molar-refractivity contribution in [2.24, 2.45) is 5.92 Å². The molecule has 0 atom stereocenters. The first-order valence-corrected chi connectivity index (χ1v) is 8.81. The molecule has 2 rings (SSSR count). The first-order chi connectivity index (χ1) is 12.8. The molecular formula is C20H21ClN2O4. The van der Waals surface area contributed by atoms with Gasteiger partial charge in [-0.2, -0.15) is 0 Å². The number of carbonyl (C=O) groups excluding carboxylic acids is 2. The van der Waals surface area contributed by atoms with E-state index >= 15 is 0 Å². The Bertz CT molecular complexity index is 837. The lowest BCUT2D eigenvalue weighted by molar-refractivity contribution is -0.137. The molecule has 6 nitrogen and oxygen atoms in total. The van der Waals surface area contributed by atoms with E-state index in [9.17, 15) is 19.5 Å². The van der Waals surface area contributed by atoms with Crippen LogP contribution in [0.2, 0.25) is 5.02 Å². The van der Waals surface area contributed by atoms with Crippen LogP contribution in [-0.4, -0.2) is 34.3 Å². The smallest absolute Gasteiger partial charge is 0.323 e. The van der Waals surface area contributed by atoms with E-state index < -0.39 is 18.4 Å². The molecule has 2 amide bonds. The monoisotopic (exact) mass is 388 g/mol. The number of carbonyl (C=O) groups is 3. The molecule has 0 unspecified atom stereocenters. The molecule has 2 N–H and O–H groups in total. The van der Waals surface area contributed by atoms with E-state index in [1.54, 1.807) is 19.9 Å². The van der Waals surface area contributed by atoms with Crippen LogP contribution in [0.3, 0.4) is 0 Å². The minimum absolute atomic E-state index is 0.130. The van der Waals surface area contributed by atoms with E-state index in [0.29, 0.717) is 5.69 Å². The maximum absolute atomic E-state index is 12.9. The number of rotatable bonds is 7. The summed E-state index contributed by atoms with van der Waals surface area (Å²) in [4.78, 5) is 37.2. The molecular weight excluding hydrogens is 368 g/mol. The third kappa shape index (κ3) is 5.82. The summed E-state index contributed by atoms with van der Waals surface area (Å²) < 4.78 is 0. The zero-order valence-electron chi connectivity index (χ0n) is 15.1. The maximum atomic E-state index is 12.9. The van der Waals surface area contributed by atoms with E-state index in [0.717, 1.165) is 5.56 Å². The number of hydrogen-bond donors (Lipinski definition) is 2. The lowest BCUT2D eigenvalue weighted by atomic mass is 10.1. The van der Waals surface area contributed by atoms with E-state index in [-0.39, 0.29) is 29.0 Å². The average Bonchev–Trinajstić information content (AvgIpc) is 2.62. The minimum atomic E-state index is -1.13. The predicted octanol–water partition coefficient (Wildman–Crippen LogP) is 3.66. The summed E-state index contributed by atoms with van der Waals surface area (Å²) in [6.45, 7) is 3.18. The van der Waals surface area contributed by atoms with Crippen molar-refractivity contribution >= 4 is 35.1 Å². The molecule has 0 fully saturated rings.